The van der Waals surface area contributed by atoms with Crippen molar-refractivity contribution in [3.63, 3.8) is 0 Å². The van der Waals surface area contributed by atoms with Gasteiger partial charge in [-0.3, -0.25) is 0 Å². The van der Waals surface area contributed by atoms with Gasteiger partial charge in [0, 0.05) is 38.4 Å². The van der Waals surface area contributed by atoms with Gasteiger partial charge >= 0.3 is 17.2 Å². The second-order valence-corrected chi connectivity index (χ2v) is 19.6. The van der Waals surface area contributed by atoms with Crippen LogP contribution >= 0.6 is 17.2 Å². The first-order chi connectivity index (χ1) is 37.4. The number of hydrogen-bond acceptors (Lipinski definition) is 8. The van der Waals surface area contributed by atoms with Crippen molar-refractivity contribution in [3.05, 3.63) is 224 Å². The van der Waals surface area contributed by atoms with Gasteiger partial charge in [0.05, 0.1) is 14.2 Å². The molecule has 0 saturated carbocycles. The van der Waals surface area contributed by atoms with E-state index >= 15 is 0 Å². The zero-order valence-corrected chi connectivity index (χ0v) is 48.8. The van der Waals surface area contributed by atoms with Crippen LogP contribution in [0, 0.1) is 0 Å². The fraction of sp³-hybridized carbons (Fsp3) is 0.224. The van der Waals surface area contributed by atoms with Crippen LogP contribution in [0.25, 0.3) is 43.4 Å². The predicted molar refractivity (Wildman–Crippen MR) is 328 cm³/mol. The minimum absolute atomic E-state index is 0.0399. The van der Waals surface area contributed by atoms with Gasteiger partial charge in [0.2, 0.25) is 0 Å². The summed E-state index contributed by atoms with van der Waals surface area (Å²) in [6.45, 7) is 32.1. The van der Waals surface area contributed by atoms with Gasteiger partial charge in [-0.15, -0.1) is 0 Å². The first kappa shape index (κ1) is 60.4. The molecule has 8 aromatic rings. The van der Waals surface area contributed by atoms with Gasteiger partial charge in [-0.05, 0) is 96.8 Å². The van der Waals surface area contributed by atoms with Crippen LogP contribution in [0.2, 0.25) is 0 Å². The Hall–Kier alpha value is -7.50. The Labute approximate surface area is 461 Å². The molecule has 8 aromatic carbocycles. The van der Waals surface area contributed by atoms with Crippen LogP contribution in [-0.2, 0) is 4.52 Å². The molecule has 0 saturated heterocycles. The third-order valence-corrected chi connectivity index (χ3v) is 14.0. The second kappa shape index (κ2) is 30.9. The monoisotopic (exact) mass is 1070 g/mol. The maximum Gasteiger partial charge on any atom is 0.530 e. The molecule has 1 atom stereocenters. The summed E-state index contributed by atoms with van der Waals surface area (Å²) in [6.07, 6.45) is 10.6. The van der Waals surface area contributed by atoms with E-state index in [1.807, 2.05) is 161 Å². The lowest BCUT2D eigenvalue weighted by atomic mass is 9.91. The van der Waals surface area contributed by atoms with Crippen LogP contribution in [0.5, 0.6) is 40.2 Å². The Kier molecular flexibility index (Phi) is 24.2. The maximum atomic E-state index is 7.24. The maximum absolute atomic E-state index is 7.24. The lowest BCUT2D eigenvalue weighted by molar-refractivity contribution is 0.340. The first-order valence-electron chi connectivity index (χ1n) is 26.2. The Morgan fingerprint density at radius 2 is 0.896 bits per heavy atom. The summed E-state index contributed by atoms with van der Waals surface area (Å²) in [5, 5.41) is 5.81. The van der Waals surface area contributed by atoms with E-state index in [0.29, 0.717) is 57.1 Å². The van der Waals surface area contributed by atoms with E-state index in [4.69, 9.17) is 36.6 Å². The number of rotatable bonds is 21. The smallest absolute Gasteiger partial charge is 0.497 e. The third-order valence-electron chi connectivity index (χ3n) is 11.9. The van der Waals surface area contributed by atoms with E-state index in [1.165, 1.54) is 11.6 Å². The zero-order valence-electron chi connectivity index (χ0n) is 47.0. The Morgan fingerprint density at radius 1 is 0.519 bits per heavy atom. The van der Waals surface area contributed by atoms with Crippen molar-refractivity contribution >= 4 is 49.5 Å². The van der Waals surface area contributed by atoms with Crippen molar-refractivity contribution in [1.29, 1.82) is 0 Å². The quantitative estimate of drug-likeness (QED) is 0.0305. The molecule has 0 heterocycles. The molecule has 10 heteroatoms. The highest BCUT2D eigenvalue weighted by Crippen LogP contribution is 2.56. The van der Waals surface area contributed by atoms with E-state index in [0.717, 1.165) is 49.9 Å². The molecule has 0 radical (unpaired) electrons. The molecular formula is C67H76O8P2. The molecule has 0 aliphatic carbocycles. The van der Waals surface area contributed by atoms with E-state index in [1.54, 1.807) is 20.3 Å². The SMILES string of the molecule is C=C/C=C\C/C(C)=C\C.C=CC(=C)OP(Oc1c(-c2cc(OC)cc(C(C)C)c2OP(Oc2cccc3ccccc23)Oc2cccc3ccccc23)cc(OC)cc1C(C)C)Oc1cccc2ccccc12.CC.CC. The summed E-state index contributed by atoms with van der Waals surface area (Å²) < 4.78 is 53.1. The Morgan fingerprint density at radius 3 is 1.26 bits per heavy atom. The van der Waals surface area contributed by atoms with Gasteiger partial charge < -0.3 is 36.6 Å². The van der Waals surface area contributed by atoms with Gasteiger partial charge in [-0.2, -0.15) is 0 Å². The summed E-state index contributed by atoms with van der Waals surface area (Å²) in [5.74, 6) is 4.30. The molecule has 0 aromatic heterocycles. The van der Waals surface area contributed by atoms with Crippen LogP contribution < -0.4 is 32.1 Å². The number of hydrogen-bond donors (Lipinski definition) is 0. The second-order valence-electron chi connectivity index (χ2n) is 17.6. The van der Waals surface area contributed by atoms with Gasteiger partial charge in [-0.25, -0.2) is 0 Å². The van der Waals surface area contributed by atoms with Crippen LogP contribution in [-0.4, -0.2) is 14.2 Å². The van der Waals surface area contributed by atoms with E-state index < -0.39 is 17.2 Å². The van der Waals surface area contributed by atoms with Crippen molar-refractivity contribution < 1.29 is 36.6 Å². The van der Waals surface area contributed by atoms with Gasteiger partial charge in [0.15, 0.2) is 0 Å². The molecule has 0 amide bonds. The molecule has 0 bridgehead atoms. The summed E-state index contributed by atoms with van der Waals surface area (Å²) >= 11 is 0. The number of benzene rings is 8. The lowest BCUT2D eigenvalue weighted by Gasteiger charge is -2.27. The summed E-state index contributed by atoms with van der Waals surface area (Å²) in [6, 6.07) is 49.8. The summed E-state index contributed by atoms with van der Waals surface area (Å²) in [4.78, 5) is 0. The van der Waals surface area contributed by atoms with E-state index in [2.05, 4.69) is 97.7 Å². The van der Waals surface area contributed by atoms with Crippen molar-refractivity contribution in [2.75, 3.05) is 14.2 Å². The molecule has 1 unspecified atom stereocenters. The normalized spacial score (nSPS) is 11.4. The van der Waals surface area contributed by atoms with Gasteiger partial charge in [0.25, 0.3) is 0 Å². The van der Waals surface area contributed by atoms with Crippen LogP contribution in [0.15, 0.2) is 213 Å². The summed E-state index contributed by atoms with van der Waals surface area (Å²) in [7, 11) is -1.08. The third kappa shape index (κ3) is 16.3. The molecule has 77 heavy (non-hydrogen) atoms. The molecule has 0 aliphatic heterocycles. The highest BCUT2D eigenvalue weighted by Gasteiger charge is 2.32. The molecular weight excluding hydrogens is 995 g/mol. The Bertz CT molecular complexity index is 3170. The fourth-order valence-corrected chi connectivity index (χ4v) is 10.0. The van der Waals surface area contributed by atoms with Crippen LogP contribution in [0.3, 0.4) is 0 Å². The summed E-state index contributed by atoms with van der Waals surface area (Å²) in [5.41, 5.74) is 4.39. The number of ether oxygens (including phenoxy) is 2. The molecule has 0 spiro atoms. The zero-order chi connectivity index (χ0) is 55.9. The highest BCUT2D eigenvalue weighted by molar-refractivity contribution is 7.43. The van der Waals surface area contributed by atoms with Gasteiger partial charge in [-0.1, -0.05) is 214 Å². The van der Waals surface area contributed by atoms with E-state index in [-0.39, 0.29) is 11.8 Å². The van der Waals surface area contributed by atoms with Crippen molar-refractivity contribution in [2.24, 2.45) is 0 Å². The molecule has 0 aliphatic rings. The first-order valence-corrected chi connectivity index (χ1v) is 28.4. The highest BCUT2D eigenvalue weighted by atomic mass is 31.2. The molecule has 8 nitrogen and oxygen atoms in total. The van der Waals surface area contributed by atoms with Crippen molar-refractivity contribution in [3.8, 4) is 51.4 Å². The van der Waals surface area contributed by atoms with Crippen LogP contribution in [0.4, 0.5) is 0 Å². The molecule has 0 N–H and O–H groups in total. The number of fused-ring (bicyclic) bond motifs is 3. The average Bonchev–Trinajstić information content (AvgIpc) is 3.49. The van der Waals surface area contributed by atoms with E-state index in [9.17, 15) is 0 Å². The fourth-order valence-electron chi connectivity index (χ4n) is 7.87. The predicted octanol–water partition coefficient (Wildman–Crippen LogP) is 21.4. The molecule has 0 fully saturated rings. The van der Waals surface area contributed by atoms with Gasteiger partial charge in [0.1, 0.15) is 46.0 Å². The number of allylic oxidation sites excluding steroid dienone is 6. The minimum atomic E-state index is -2.20. The molecule has 8 rings (SSSR count). The van der Waals surface area contributed by atoms with Crippen LogP contribution in [0.1, 0.15) is 98.6 Å². The lowest BCUT2D eigenvalue weighted by Crippen LogP contribution is -2.08. The standard InChI is InChI=1S/C54H50O8P2.C9H14.2C2H6/c1-9-37(6)57-63(58-50-28-16-22-38-19-10-13-25-43(38)50)61-53-46(35(2)3)31-41(55-7)33-48(53)49-34-42(56-8)32-47(36(4)5)54(49)62-64(59-51-29-17-23-39-20-11-14-26-44(39)51)60-52-30-18-24-40-21-12-15-27-45(40)52;1-4-6-7-8-9(3)5-2;2*1-2/h9-36H,1,6H2,2-5,7-8H3;4-7H,1,8H2,2-3H3;2*1-2H3/b;7-6-,9-5-;;. The largest absolute Gasteiger partial charge is 0.530 e. The number of methoxy groups -OCH3 is 2. The average molecular weight is 1070 g/mol. The van der Waals surface area contributed by atoms with Crippen molar-refractivity contribution in [2.45, 2.75) is 87.5 Å². The topological polar surface area (TPSA) is 73.8 Å². The van der Waals surface area contributed by atoms with Crippen molar-refractivity contribution in [1.82, 2.24) is 0 Å². The minimum Gasteiger partial charge on any atom is -0.497 e. The molecule has 402 valence electrons. The Balaban J connectivity index is 0.000000757.